The van der Waals surface area contributed by atoms with E-state index in [-0.39, 0.29) is 0 Å². The average Bonchev–Trinajstić information content (AvgIpc) is 1.41. The summed E-state index contributed by atoms with van der Waals surface area (Å²) in [7, 11) is 0. The average molecular weight is 75.1 g/mol. The van der Waals surface area contributed by atoms with Gasteiger partial charge in [-0.3, -0.25) is 5.11 Å². The van der Waals surface area contributed by atoms with E-state index in [1.54, 1.807) is 0 Å². The van der Waals surface area contributed by atoms with E-state index in [0.29, 0.717) is 6.26 Å². The lowest BCUT2D eigenvalue weighted by Gasteiger charge is -1.59. The van der Waals surface area contributed by atoms with Gasteiger partial charge in [0.25, 0.3) is 0 Å². The van der Waals surface area contributed by atoms with E-state index >= 15 is 0 Å². The van der Waals surface area contributed by atoms with E-state index in [1.165, 1.54) is 0 Å². The molecule has 0 spiro atoms. The molecule has 0 amide bonds. The van der Waals surface area contributed by atoms with Gasteiger partial charge in [-0.05, 0) is 6.08 Å². The molecular formula is C3H4FO. The first-order chi connectivity index (χ1) is 2.41. The van der Waals surface area contributed by atoms with Crippen LogP contribution < -0.4 is 0 Å². The van der Waals surface area contributed by atoms with Crippen LogP contribution in [0.15, 0.2) is 12.3 Å². The summed E-state index contributed by atoms with van der Waals surface area (Å²) in [6.45, 7) is -0.649. The molecule has 0 aliphatic carbocycles. The molecule has 0 aliphatic rings. The molecule has 0 atom stereocenters. The summed E-state index contributed by atoms with van der Waals surface area (Å²) < 4.78 is 10.7. The van der Waals surface area contributed by atoms with Gasteiger partial charge in [-0.25, -0.2) is 4.39 Å². The zero-order chi connectivity index (χ0) is 4.12. The second kappa shape index (κ2) is 3.47. The van der Waals surface area contributed by atoms with Crippen molar-refractivity contribution in [1.29, 1.82) is 0 Å². The molecule has 0 aromatic rings. The molecule has 0 N–H and O–H groups in total. The van der Waals surface area contributed by atoms with Gasteiger partial charge in [-0.2, -0.15) is 0 Å². The first kappa shape index (κ1) is 4.47. The SMILES string of the molecule is [O]/C=C\CF. The zero-order valence-electron chi connectivity index (χ0n) is 2.65. The number of alkyl halides is 1. The van der Waals surface area contributed by atoms with Crippen molar-refractivity contribution >= 4 is 0 Å². The summed E-state index contributed by atoms with van der Waals surface area (Å²) >= 11 is 0. The Balaban J connectivity index is 2.62. The summed E-state index contributed by atoms with van der Waals surface area (Å²) in [6.07, 6.45) is 1.33. The van der Waals surface area contributed by atoms with Crippen LogP contribution in [0.3, 0.4) is 0 Å². The largest absolute Gasteiger partial charge is 0.299 e. The third kappa shape index (κ3) is 3.47. The highest BCUT2D eigenvalue weighted by Gasteiger charge is 1.59. The molecule has 29 valence electrons. The van der Waals surface area contributed by atoms with Crippen LogP contribution >= 0.6 is 0 Å². The third-order valence-corrected chi connectivity index (χ3v) is 0.185. The van der Waals surface area contributed by atoms with Crippen LogP contribution in [0.2, 0.25) is 0 Å². The van der Waals surface area contributed by atoms with E-state index in [2.05, 4.69) is 0 Å². The molecule has 0 bridgehead atoms. The van der Waals surface area contributed by atoms with Crippen molar-refractivity contribution in [2.75, 3.05) is 6.67 Å². The standard InChI is InChI=1S/C3H4FO/c4-2-1-3-5/h1,3H,2H2/b3-1-. The van der Waals surface area contributed by atoms with Gasteiger partial charge in [-0.1, -0.05) is 0 Å². The second-order valence-electron chi connectivity index (χ2n) is 0.526. The maximum atomic E-state index is 10.7. The normalized spacial score (nSPS) is 9.80. The molecule has 2 heteroatoms. The molecule has 0 aromatic carbocycles. The van der Waals surface area contributed by atoms with E-state index in [9.17, 15) is 4.39 Å². The summed E-state index contributed by atoms with van der Waals surface area (Å²) in [5, 5.41) is 9.11. The lowest BCUT2D eigenvalue weighted by atomic mass is 10.7. The van der Waals surface area contributed by atoms with Crippen LogP contribution in [-0.4, -0.2) is 6.67 Å². The second-order valence-corrected chi connectivity index (χ2v) is 0.526. The minimum atomic E-state index is -0.649. The Bertz CT molecular complexity index is 33.9. The van der Waals surface area contributed by atoms with E-state index in [1.807, 2.05) is 0 Å². The van der Waals surface area contributed by atoms with Gasteiger partial charge >= 0.3 is 0 Å². The lowest BCUT2D eigenvalue weighted by molar-refractivity contribution is 0.347. The van der Waals surface area contributed by atoms with Crippen molar-refractivity contribution in [2.24, 2.45) is 0 Å². The lowest BCUT2D eigenvalue weighted by Crippen LogP contribution is -1.54. The van der Waals surface area contributed by atoms with Gasteiger partial charge < -0.3 is 0 Å². The Hall–Kier alpha value is -0.530. The van der Waals surface area contributed by atoms with Crippen LogP contribution in [0, 0.1) is 0 Å². The van der Waals surface area contributed by atoms with E-state index < -0.39 is 6.67 Å². The minimum absolute atomic E-state index is 0.431. The Morgan fingerprint density at radius 2 is 2.40 bits per heavy atom. The number of hydrogen-bond donors (Lipinski definition) is 0. The number of allylic oxidation sites excluding steroid dienone is 1. The zero-order valence-corrected chi connectivity index (χ0v) is 2.65. The predicted molar refractivity (Wildman–Crippen MR) is 15.8 cm³/mol. The molecule has 0 aliphatic heterocycles. The van der Waals surface area contributed by atoms with Crippen LogP contribution in [0.4, 0.5) is 4.39 Å². The van der Waals surface area contributed by atoms with Crippen molar-refractivity contribution in [3.05, 3.63) is 12.3 Å². The molecule has 0 heterocycles. The first-order valence-electron chi connectivity index (χ1n) is 1.24. The fourth-order valence-electron chi connectivity index (χ4n) is 0.0364. The third-order valence-electron chi connectivity index (χ3n) is 0.185. The smallest absolute Gasteiger partial charge is 0.141 e. The van der Waals surface area contributed by atoms with Gasteiger partial charge in [0.15, 0.2) is 0 Å². The molecule has 0 saturated heterocycles. The summed E-state index contributed by atoms with van der Waals surface area (Å²) in [6, 6.07) is 0. The Labute approximate surface area is 29.7 Å². The maximum Gasteiger partial charge on any atom is 0.141 e. The number of halogens is 1. The molecular weight excluding hydrogens is 71.0 g/mol. The molecule has 0 saturated carbocycles. The van der Waals surface area contributed by atoms with Crippen molar-refractivity contribution in [1.82, 2.24) is 0 Å². The van der Waals surface area contributed by atoms with Crippen molar-refractivity contribution in [3.8, 4) is 0 Å². The number of hydrogen-bond acceptors (Lipinski definition) is 0. The van der Waals surface area contributed by atoms with E-state index in [0.717, 1.165) is 6.08 Å². The minimum Gasteiger partial charge on any atom is -0.299 e. The van der Waals surface area contributed by atoms with Crippen LogP contribution in [-0.2, 0) is 5.11 Å². The fourth-order valence-corrected chi connectivity index (χ4v) is 0.0364. The van der Waals surface area contributed by atoms with Crippen LogP contribution in [0.25, 0.3) is 0 Å². The Morgan fingerprint density at radius 1 is 1.80 bits per heavy atom. The fraction of sp³-hybridized carbons (Fsp3) is 0.333. The van der Waals surface area contributed by atoms with Gasteiger partial charge in [0, 0.05) is 0 Å². The van der Waals surface area contributed by atoms with Gasteiger partial charge in [-0.15, -0.1) is 0 Å². The first-order valence-corrected chi connectivity index (χ1v) is 1.24. The molecule has 1 radical (unpaired) electrons. The summed E-state index contributed by atoms with van der Waals surface area (Å²) in [5.74, 6) is 0. The van der Waals surface area contributed by atoms with Crippen molar-refractivity contribution in [3.63, 3.8) is 0 Å². The van der Waals surface area contributed by atoms with Gasteiger partial charge in [0.1, 0.15) is 12.9 Å². The molecule has 0 rings (SSSR count). The predicted octanol–water partition coefficient (Wildman–Crippen LogP) is 0.900. The van der Waals surface area contributed by atoms with Crippen molar-refractivity contribution in [2.45, 2.75) is 0 Å². The van der Waals surface area contributed by atoms with Crippen LogP contribution in [0.1, 0.15) is 0 Å². The highest BCUT2D eigenvalue weighted by atomic mass is 19.1. The van der Waals surface area contributed by atoms with Crippen molar-refractivity contribution < 1.29 is 9.50 Å². The monoisotopic (exact) mass is 75.0 g/mol. The molecule has 0 aromatic heterocycles. The molecule has 0 fully saturated rings. The van der Waals surface area contributed by atoms with Gasteiger partial charge in [0.2, 0.25) is 0 Å². The molecule has 5 heavy (non-hydrogen) atoms. The highest BCUT2D eigenvalue weighted by Crippen LogP contribution is 1.65. The summed E-state index contributed by atoms with van der Waals surface area (Å²) in [4.78, 5) is 0. The highest BCUT2D eigenvalue weighted by molar-refractivity contribution is 4.67. The van der Waals surface area contributed by atoms with E-state index in [4.69, 9.17) is 5.11 Å². The molecule has 1 nitrogen and oxygen atoms in total. The quantitative estimate of drug-likeness (QED) is 0.413. The molecule has 0 unspecified atom stereocenters. The number of rotatable bonds is 1. The Kier molecular flexibility index (Phi) is 3.10. The topological polar surface area (TPSA) is 19.9 Å². The Morgan fingerprint density at radius 3 is 2.40 bits per heavy atom. The van der Waals surface area contributed by atoms with Gasteiger partial charge in [0.05, 0.1) is 0 Å². The maximum absolute atomic E-state index is 10.7. The summed E-state index contributed by atoms with van der Waals surface area (Å²) in [5.41, 5.74) is 0. The van der Waals surface area contributed by atoms with Crippen LogP contribution in [0.5, 0.6) is 0 Å².